The van der Waals surface area contributed by atoms with E-state index < -0.39 is 0 Å². The number of carbonyl (C=O) groups excluding carboxylic acids is 1. The number of piperidine rings is 1. The number of carbonyl (C=O) groups is 1. The first-order valence-corrected chi connectivity index (χ1v) is 10.1. The molecule has 1 atom stereocenters. The number of nitrogens with zero attached hydrogens (tertiary/aromatic N) is 3. The number of anilines is 1. The second kappa shape index (κ2) is 7.52. The normalized spacial score (nSPS) is 17.2. The van der Waals surface area contributed by atoms with Gasteiger partial charge in [-0.05, 0) is 24.8 Å². The number of rotatable bonds is 4. The van der Waals surface area contributed by atoms with Crippen LogP contribution in [-0.2, 0) is 6.42 Å². The lowest BCUT2D eigenvalue weighted by atomic mass is 9.90. The SMILES string of the molecule is CCc1nc(N)sc1C(=O)N1CCC[C@@H](c2[nH]ncc2-c2ccccc2)C1. The van der Waals surface area contributed by atoms with Crippen molar-refractivity contribution in [2.24, 2.45) is 0 Å². The Morgan fingerprint density at radius 3 is 2.96 bits per heavy atom. The molecule has 0 saturated carbocycles. The minimum Gasteiger partial charge on any atom is -0.375 e. The molecule has 1 amide bonds. The van der Waals surface area contributed by atoms with Crippen LogP contribution >= 0.6 is 11.3 Å². The van der Waals surface area contributed by atoms with E-state index in [2.05, 4.69) is 27.3 Å². The van der Waals surface area contributed by atoms with Crippen LogP contribution in [0.5, 0.6) is 0 Å². The molecule has 0 spiro atoms. The number of nitrogens with two attached hydrogens (primary N) is 1. The maximum atomic E-state index is 13.1. The van der Waals surface area contributed by atoms with E-state index >= 15 is 0 Å². The number of benzene rings is 1. The molecule has 4 rings (SSSR count). The number of H-pyrrole nitrogens is 1. The Hall–Kier alpha value is -2.67. The molecule has 1 aliphatic heterocycles. The van der Waals surface area contributed by atoms with Gasteiger partial charge in [0.05, 0.1) is 11.9 Å². The standard InChI is InChI=1S/C20H23N5OS/c1-2-16-18(27-20(21)23-16)19(26)25-10-6-9-14(12-25)17-15(11-22-24-17)13-7-4-3-5-8-13/h3-5,7-8,11,14H,2,6,9-10,12H2,1H3,(H2,21,23)(H,22,24)/t14-/m1/s1. The van der Waals surface area contributed by atoms with Crippen molar-refractivity contribution in [3.63, 3.8) is 0 Å². The lowest BCUT2D eigenvalue weighted by molar-refractivity contribution is 0.0709. The van der Waals surface area contributed by atoms with Crippen molar-refractivity contribution in [1.29, 1.82) is 0 Å². The highest BCUT2D eigenvalue weighted by molar-refractivity contribution is 7.17. The number of nitrogen functional groups attached to an aromatic ring is 1. The van der Waals surface area contributed by atoms with Gasteiger partial charge < -0.3 is 10.6 Å². The van der Waals surface area contributed by atoms with Crippen molar-refractivity contribution >= 4 is 22.4 Å². The number of aromatic amines is 1. The van der Waals surface area contributed by atoms with Gasteiger partial charge in [0.1, 0.15) is 4.88 Å². The maximum Gasteiger partial charge on any atom is 0.265 e. The second-order valence-corrected chi connectivity index (χ2v) is 7.87. The van der Waals surface area contributed by atoms with E-state index in [9.17, 15) is 4.79 Å². The lowest BCUT2D eigenvalue weighted by Gasteiger charge is -2.32. The number of aryl methyl sites for hydroxylation is 1. The quantitative estimate of drug-likeness (QED) is 0.721. The lowest BCUT2D eigenvalue weighted by Crippen LogP contribution is -2.39. The van der Waals surface area contributed by atoms with Gasteiger partial charge in [-0.25, -0.2) is 4.98 Å². The molecule has 1 saturated heterocycles. The molecular formula is C20H23N5OS. The highest BCUT2D eigenvalue weighted by atomic mass is 32.1. The molecule has 0 aliphatic carbocycles. The van der Waals surface area contributed by atoms with Crippen molar-refractivity contribution in [3.05, 3.63) is 52.8 Å². The first-order valence-electron chi connectivity index (χ1n) is 9.30. The van der Waals surface area contributed by atoms with Gasteiger partial charge in [0.15, 0.2) is 5.13 Å². The Bertz CT molecular complexity index is 933. The smallest absolute Gasteiger partial charge is 0.265 e. The predicted molar refractivity (Wildman–Crippen MR) is 108 cm³/mol. The van der Waals surface area contributed by atoms with Gasteiger partial charge in [-0.1, -0.05) is 48.6 Å². The molecule has 3 N–H and O–H groups in total. The van der Waals surface area contributed by atoms with E-state index in [1.54, 1.807) is 0 Å². The van der Waals surface area contributed by atoms with Gasteiger partial charge in [-0.3, -0.25) is 9.89 Å². The summed E-state index contributed by atoms with van der Waals surface area (Å²) in [6.07, 6.45) is 4.60. The highest BCUT2D eigenvalue weighted by Gasteiger charge is 2.30. The Morgan fingerprint density at radius 1 is 1.37 bits per heavy atom. The summed E-state index contributed by atoms with van der Waals surface area (Å²) in [5, 5.41) is 7.92. The molecule has 27 heavy (non-hydrogen) atoms. The number of amides is 1. The fraction of sp³-hybridized carbons (Fsp3) is 0.350. The molecule has 0 bridgehead atoms. The minimum atomic E-state index is 0.0477. The first kappa shape index (κ1) is 17.7. The zero-order valence-electron chi connectivity index (χ0n) is 15.3. The van der Waals surface area contributed by atoms with Crippen LogP contribution in [0.3, 0.4) is 0 Å². The average molecular weight is 382 g/mol. The molecule has 3 heterocycles. The highest BCUT2D eigenvalue weighted by Crippen LogP contribution is 2.34. The molecule has 2 aromatic heterocycles. The van der Waals surface area contributed by atoms with Crippen LogP contribution in [0, 0.1) is 0 Å². The first-order chi connectivity index (χ1) is 13.2. The Labute approximate surface area is 162 Å². The Balaban J connectivity index is 1.57. The number of nitrogens with one attached hydrogen (secondary N) is 1. The van der Waals surface area contributed by atoms with Crippen molar-refractivity contribution in [2.45, 2.75) is 32.1 Å². The van der Waals surface area contributed by atoms with Crippen LogP contribution in [0.25, 0.3) is 11.1 Å². The predicted octanol–water partition coefficient (Wildman–Crippen LogP) is 3.70. The molecule has 7 heteroatoms. The zero-order valence-corrected chi connectivity index (χ0v) is 16.1. The van der Waals surface area contributed by atoms with E-state index in [0.717, 1.165) is 41.9 Å². The monoisotopic (exact) mass is 381 g/mol. The van der Waals surface area contributed by atoms with Crippen LogP contribution in [0.15, 0.2) is 36.5 Å². The fourth-order valence-corrected chi connectivity index (χ4v) is 4.66. The summed E-state index contributed by atoms with van der Waals surface area (Å²) in [5.74, 6) is 0.294. The third-order valence-electron chi connectivity index (χ3n) is 5.11. The minimum absolute atomic E-state index is 0.0477. The molecule has 140 valence electrons. The van der Waals surface area contributed by atoms with Crippen LogP contribution in [0.4, 0.5) is 5.13 Å². The van der Waals surface area contributed by atoms with Gasteiger partial charge in [0, 0.05) is 30.3 Å². The van der Waals surface area contributed by atoms with Crippen LogP contribution in [0.2, 0.25) is 0 Å². The summed E-state index contributed by atoms with van der Waals surface area (Å²) in [6.45, 7) is 3.45. The molecular weight excluding hydrogens is 358 g/mol. The molecule has 0 radical (unpaired) electrons. The number of likely N-dealkylation sites (tertiary alicyclic amines) is 1. The van der Waals surface area contributed by atoms with E-state index in [1.165, 1.54) is 11.3 Å². The van der Waals surface area contributed by atoms with E-state index in [0.29, 0.717) is 23.0 Å². The zero-order chi connectivity index (χ0) is 18.8. The molecule has 1 aromatic carbocycles. The van der Waals surface area contributed by atoms with E-state index in [-0.39, 0.29) is 11.8 Å². The maximum absolute atomic E-state index is 13.1. The summed E-state index contributed by atoms with van der Waals surface area (Å²) in [4.78, 5) is 20.0. The van der Waals surface area contributed by atoms with Gasteiger partial charge in [0.2, 0.25) is 0 Å². The third kappa shape index (κ3) is 3.47. The number of aromatic nitrogens is 3. The van der Waals surface area contributed by atoms with Crippen LogP contribution in [-0.4, -0.2) is 39.1 Å². The summed E-state index contributed by atoms with van der Waals surface area (Å²) in [6, 6.07) is 10.3. The van der Waals surface area contributed by atoms with Crippen molar-refractivity contribution < 1.29 is 4.79 Å². The molecule has 1 fully saturated rings. The number of hydrogen-bond acceptors (Lipinski definition) is 5. The molecule has 3 aromatic rings. The average Bonchev–Trinajstić information content (AvgIpc) is 3.34. The fourth-order valence-electron chi connectivity index (χ4n) is 3.77. The largest absolute Gasteiger partial charge is 0.375 e. The topological polar surface area (TPSA) is 87.9 Å². The summed E-state index contributed by atoms with van der Waals surface area (Å²) in [7, 11) is 0. The summed E-state index contributed by atoms with van der Waals surface area (Å²) >= 11 is 1.29. The van der Waals surface area contributed by atoms with Crippen molar-refractivity contribution in [2.75, 3.05) is 18.8 Å². The van der Waals surface area contributed by atoms with Crippen molar-refractivity contribution in [3.8, 4) is 11.1 Å². The number of thiazole rings is 1. The summed E-state index contributed by atoms with van der Waals surface area (Å²) in [5.41, 5.74) is 10.0. The van der Waals surface area contributed by atoms with Gasteiger partial charge >= 0.3 is 0 Å². The van der Waals surface area contributed by atoms with Crippen LogP contribution < -0.4 is 5.73 Å². The van der Waals surface area contributed by atoms with Gasteiger partial charge in [-0.15, -0.1) is 0 Å². The Kier molecular flexibility index (Phi) is 4.94. The van der Waals surface area contributed by atoms with Crippen LogP contribution in [0.1, 0.15) is 46.7 Å². The molecule has 6 nitrogen and oxygen atoms in total. The molecule has 0 unspecified atom stereocenters. The van der Waals surface area contributed by atoms with E-state index in [1.807, 2.05) is 36.2 Å². The Morgan fingerprint density at radius 2 is 2.19 bits per heavy atom. The molecule has 1 aliphatic rings. The van der Waals surface area contributed by atoms with E-state index in [4.69, 9.17) is 5.73 Å². The second-order valence-electron chi connectivity index (χ2n) is 6.84. The van der Waals surface area contributed by atoms with Gasteiger partial charge in [-0.2, -0.15) is 5.10 Å². The van der Waals surface area contributed by atoms with Gasteiger partial charge in [0.25, 0.3) is 5.91 Å². The summed E-state index contributed by atoms with van der Waals surface area (Å²) < 4.78 is 0. The number of hydrogen-bond donors (Lipinski definition) is 2. The van der Waals surface area contributed by atoms with Crippen molar-refractivity contribution in [1.82, 2.24) is 20.1 Å². The third-order valence-corrected chi connectivity index (χ3v) is 6.03.